The Kier molecular flexibility index (Phi) is 4.39. The van der Waals surface area contributed by atoms with Crippen LogP contribution in [-0.2, 0) is 16.0 Å². The van der Waals surface area contributed by atoms with Gasteiger partial charge < -0.3 is 24.3 Å². The lowest BCUT2D eigenvalue weighted by Crippen LogP contribution is -2.48. The summed E-state index contributed by atoms with van der Waals surface area (Å²) in [4.78, 5) is 14.4. The van der Waals surface area contributed by atoms with E-state index in [1.165, 1.54) is 5.39 Å². The molecule has 2 aromatic rings. The number of rotatable bonds is 3. The maximum Gasteiger partial charge on any atom is 0.321 e. The fraction of sp³-hybridized carbons (Fsp3) is 0.526. The number of nitrogens with zero attached hydrogens (tertiary/aromatic N) is 2. The van der Waals surface area contributed by atoms with Crippen LogP contribution >= 0.6 is 0 Å². The molecule has 3 heterocycles. The zero-order valence-electron chi connectivity index (χ0n) is 14.7. The number of urea groups is 1. The predicted octanol–water partition coefficient (Wildman–Crippen LogP) is 3.42. The van der Waals surface area contributed by atoms with Crippen molar-refractivity contribution in [3.05, 3.63) is 30.5 Å². The van der Waals surface area contributed by atoms with Gasteiger partial charge in [-0.05, 0) is 30.0 Å². The van der Waals surface area contributed by atoms with Gasteiger partial charge in [0, 0.05) is 44.4 Å². The molecule has 2 amide bonds. The Balaban J connectivity index is 1.42. The average molecular weight is 343 g/mol. The van der Waals surface area contributed by atoms with Gasteiger partial charge in [0.2, 0.25) is 0 Å². The molecule has 0 bridgehead atoms. The Morgan fingerprint density at radius 1 is 1.20 bits per heavy atom. The molecule has 1 spiro atoms. The van der Waals surface area contributed by atoms with Crippen molar-refractivity contribution in [1.82, 2.24) is 9.47 Å². The maximum atomic E-state index is 12.6. The van der Waals surface area contributed by atoms with Gasteiger partial charge in [-0.15, -0.1) is 0 Å². The van der Waals surface area contributed by atoms with E-state index in [0.29, 0.717) is 26.3 Å². The van der Waals surface area contributed by atoms with E-state index in [1.807, 2.05) is 11.0 Å². The highest BCUT2D eigenvalue weighted by Gasteiger charge is 2.40. The second-order valence-electron chi connectivity index (χ2n) is 6.81. The van der Waals surface area contributed by atoms with E-state index in [1.54, 1.807) is 0 Å². The number of ether oxygens (including phenoxy) is 2. The first kappa shape index (κ1) is 16.4. The molecule has 1 aromatic carbocycles. The summed E-state index contributed by atoms with van der Waals surface area (Å²) in [6.45, 7) is 5.77. The minimum Gasteiger partial charge on any atom is -0.347 e. The molecular formula is C19H25N3O3. The van der Waals surface area contributed by atoms with Crippen molar-refractivity contribution in [1.29, 1.82) is 0 Å². The number of carbonyl (C=O) groups excluding carboxylic acids is 1. The average Bonchev–Trinajstić information content (AvgIpc) is 3.24. The van der Waals surface area contributed by atoms with Crippen LogP contribution in [0, 0.1) is 0 Å². The van der Waals surface area contributed by atoms with Gasteiger partial charge >= 0.3 is 6.03 Å². The smallest absolute Gasteiger partial charge is 0.321 e. The van der Waals surface area contributed by atoms with E-state index in [-0.39, 0.29) is 6.03 Å². The van der Waals surface area contributed by atoms with Crippen LogP contribution in [0.5, 0.6) is 0 Å². The summed E-state index contributed by atoms with van der Waals surface area (Å²) in [6.07, 6.45) is 4.66. The highest BCUT2D eigenvalue weighted by Crippen LogP contribution is 2.31. The topological polar surface area (TPSA) is 55.7 Å². The van der Waals surface area contributed by atoms with Gasteiger partial charge in [-0.2, -0.15) is 0 Å². The fourth-order valence-corrected chi connectivity index (χ4v) is 3.74. The minimum absolute atomic E-state index is 0.0548. The molecule has 0 saturated carbocycles. The number of piperidine rings is 1. The molecule has 25 heavy (non-hydrogen) atoms. The SMILES string of the molecule is CCCn1ccc2ccc(NC(=O)N3CCC4(CC3)OCCO4)cc21. The number of hydrogen-bond donors (Lipinski definition) is 1. The molecule has 1 aromatic heterocycles. The maximum absolute atomic E-state index is 12.6. The lowest BCUT2D eigenvalue weighted by molar-refractivity contribution is -0.181. The Labute approximate surface area is 147 Å². The third-order valence-corrected chi connectivity index (χ3v) is 5.12. The Hall–Kier alpha value is -2.05. The molecule has 6 heteroatoms. The van der Waals surface area contributed by atoms with Gasteiger partial charge in [-0.1, -0.05) is 13.0 Å². The van der Waals surface area contributed by atoms with Crippen molar-refractivity contribution in [2.75, 3.05) is 31.6 Å². The van der Waals surface area contributed by atoms with Crippen LogP contribution in [0.3, 0.4) is 0 Å². The summed E-state index contributed by atoms with van der Waals surface area (Å²) in [5.74, 6) is -0.448. The molecule has 2 aliphatic rings. The van der Waals surface area contributed by atoms with Crippen LogP contribution in [0.1, 0.15) is 26.2 Å². The monoisotopic (exact) mass is 343 g/mol. The summed E-state index contributed by atoms with van der Waals surface area (Å²) >= 11 is 0. The van der Waals surface area contributed by atoms with Crippen LogP contribution in [0.25, 0.3) is 10.9 Å². The Morgan fingerprint density at radius 2 is 1.96 bits per heavy atom. The molecule has 2 saturated heterocycles. The zero-order chi connectivity index (χ0) is 17.3. The third kappa shape index (κ3) is 3.24. The van der Waals surface area contributed by atoms with Crippen molar-refractivity contribution < 1.29 is 14.3 Å². The van der Waals surface area contributed by atoms with Gasteiger partial charge in [0.05, 0.1) is 18.7 Å². The number of nitrogens with one attached hydrogen (secondary N) is 1. The molecular weight excluding hydrogens is 318 g/mol. The molecule has 6 nitrogen and oxygen atoms in total. The quantitative estimate of drug-likeness (QED) is 0.929. The molecule has 2 aliphatic heterocycles. The number of fused-ring (bicyclic) bond motifs is 1. The number of anilines is 1. The number of benzene rings is 1. The fourth-order valence-electron chi connectivity index (χ4n) is 3.74. The molecule has 4 rings (SSSR count). The normalized spacial score (nSPS) is 19.6. The van der Waals surface area contributed by atoms with Crippen molar-refractivity contribution in [3.8, 4) is 0 Å². The van der Waals surface area contributed by atoms with Crippen LogP contribution in [-0.4, -0.2) is 47.6 Å². The number of amides is 2. The molecule has 1 N–H and O–H groups in total. The second kappa shape index (κ2) is 6.69. The van der Waals surface area contributed by atoms with Crippen LogP contribution in [0.4, 0.5) is 10.5 Å². The summed E-state index contributed by atoms with van der Waals surface area (Å²) in [7, 11) is 0. The van der Waals surface area contributed by atoms with Crippen molar-refractivity contribution in [3.63, 3.8) is 0 Å². The number of carbonyl (C=O) groups is 1. The first-order chi connectivity index (χ1) is 12.2. The van der Waals surface area contributed by atoms with E-state index >= 15 is 0 Å². The van der Waals surface area contributed by atoms with E-state index in [9.17, 15) is 4.79 Å². The summed E-state index contributed by atoms with van der Waals surface area (Å²) in [5.41, 5.74) is 1.99. The Bertz CT molecular complexity index is 754. The number of aryl methyl sites for hydroxylation is 1. The highest BCUT2D eigenvalue weighted by molar-refractivity contribution is 5.93. The summed E-state index contributed by atoms with van der Waals surface area (Å²) < 4.78 is 13.7. The van der Waals surface area contributed by atoms with E-state index in [4.69, 9.17) is 9.47 Å². The first-order valence-electron chi connectivity index (χ1n) is 9.12. The highest BCUT2D eigenvalue weighted by atomic mass is 16.7. The van der Waals surface area contributed by atoms with Crippen LogP contribution in [0.15, 0.2) is 30.5 Å². The van der Waals surface area contributed by atoms with E-state index in [0.717, 1.165) is 37.0 Å². The first-order valence-corrected chi connectivity index (χ1v) is 9.12. The van der Waals surface area contributed by atoms with Crippen molar-refractivity contribution >= 4 is 22.6 Å². The number of likely N-dealkylation sites (tertiary alicyclic amines) is 1. The van der Waals surface area contributed by atoms with Crippen LogP contribution < -0.4 is 5.32 Å². The zero-order valence-corrected chi connectivity index (χ0v) is 14.7. The molecule has 0 aliphatic carbocycles. The van der Waals surface area contributed by atoms with E-state index < -0.39 is 5.79 Å². The van der Waals surface area contributed by atoms with Gasteiger partial charge in [0.1, 0.15) is 0 Å². The molecule has 2 fully saturated rings. The summed E-state index contributed by atoms with van der Waals surface area (Å²) in [5, 5.41) is 4.23. The lowest BCUT2D eigenvalue weighted by atomic mass is 10.0. The van der Waals surface area contributed by atoms with Crippen molar-refractivity contribution in [2.24, 2.45) is 0 Å². The van der Waals surface area contributed by atoms with Crippen molar-refractivity contribution in [2.45, 2.75) is 38.5 Å². The Morgan fingerprint density at radius 3 is 2.68 bits per heavy atom. The minimum atomic E-state index is -0.448. The van der Waals surface area contributed by atoms with Gasteiger partial charge in [-0.3, -0.25) is 0 Å². The lowest BCUT2D eigenvalue weighted by Gasteiger charge is -2.37. The van der Waals surface area contributed by atoms with Gasteiger partial charge in [0.15, 0.2) is 5.79 Å². The largest absolute Gasteiger partial charge is 0.347 e. The second-order valence-corrected chi connectivity index (χ2v) is 6.81. The predicted molar refractivity (Wildman–Crippen MR) is 96.7 cm³/mol. The standard InChI is InChI=1S/C19H25N3O3/c1-2-8-21-9-5-15-3-4-16(14-17(15)21)20-18(23)22-10-6-19(7-11-22)24-12-13-25-19/h3-5,9,14H,2,6-8,10-13H2,1H3,(H,20,23). The molecule has 0 unspecified atom stereocenters. The third-order valence-electron chi connectivity index (χ3n) is 5.12. The number of aromatic nitrogens is 1. The van der Waals surface area contributed by atoms with E-state index in [2.05, 4.69) is 41.2 Å². The molecule has 134 valence electrons. The van der Waals surface area contributed by atoms with Gasteiger partial charge in [0.25, 0.3) is 0 Å². The number of hydrogen-bond acceptors (Lipinski definition) is 3. The van der Waals surface area contributed by atoms with Crippen LogP contribution in [0.2, 0.25) is 0 Å². The molecule has 0 atom stereocenters. The van der Waals surface area contributed by atoms with Gasteiger partial charge in [-0.25, -0.2) is 4.79 Å². The summed E-state index contributed by atoms with van der Waals surface area (Å²) in [6, 6.07) is 8.13. The molecule has 0 radical (unpaired) electrons.